The standard InChI is InChI=1S/C21H42O4/c1-5-8-9-10-11-12-14-19(21(4,24-6-2)25-7-3)15-13-16-22-17-20-18-23-20/h19-20H,5-18H2,1-4H3/t19-,20?/m1/s1. The van der Waals surface area contributed by atoms with E-state index in [-0.39, 0.29) is 0 Å². The van der Waals surface area contributed by atoms with Crippen molar-refractivity contribution in [2.45, 2.75) is 97.4 Å². The van der Waals surface area contributed by atoms with Gasteiger partial charge in [-0.2, -0.15) is 0 Å². The maximum Gasteiger partial charge on any atom is 0.168 e. The summed E-state index contributed by atoms with van der Waals surface area (Å²) in [7, 11) is 0. The molecule has 1 aliphatic heterocycles. The quantitative estimate of drug-likeness (QED) is 0.188. The third-order valence-corrected chi connectivity index (χ3v) is 5.06. The van der Waals surface area contributed by atoms with Gasteiger partial charge in [0.2, 0.25) is 0 Å². The summed E-state index contributed by atoms with van der Waals surface area (Å²) in [6.45, 7) is 12.3. The van der Waals surface area contributed by atoms with Crippen LogP contribution in [-0.4, -0.2) is 44.9 Å². The van der Waals surface area contributed by atoms with Crippen molar-refractivity contribution < 1.29 is 18.9 Å². The monoisotopic (exact) mass is 358 g/mol. The van der Waals surface area contributed by atoms with Gasteiger partial charge in [0.15, 0.2) is 5.79 Å². The largest absolute Gasteiger partial charge is 0.379 e. The van der Waals surface area contributed by atoms with Gasteiger partial charge < -0.3 is 18.9 Å². The molecule has 0 N–H and O–H groups in total. The first kappa shape index (κ1) is 22.9. The minimum Gasteiger partial charge on any atom is -0.379 e. The molecule has 2 atom stereocenters. The highest BCUT2D eigenvalue weighted by Crippen LogP contribution is 2.32. The van der Waals surface area contributed by atoms with Crippen molar-refractivity contribution in [1.29, 1.82) is 0 Å². The molecule has 1 heterocycles. The van der Waals surface area contributed by atoms with E-state index in [2.05, 4.69) is 27.7 Å². The molecule has 0 aromatic rings. The van der Waals surface area contributed by atoms with E-state index in [1.54, 1.807) is 0 Å². The zero-order valence-electron chi connectivity index (χ0n) is 17.2. The molecule has 4 heteroatoms. The third-order valence-electron chi connectivity index (χ3n) is 5.06. The topological polar surface area (TPSA) is 40.2 Å². The van der Waals surface area contributed by atoms with Gasteiger partial charge in [0.1, 0.15) is 6.10 Å². The number of hydrogen-bond acceptors (Lipinski definition) is 4. The van der Waals surface area contributed by atoms with E-state index >= 15 is 0 Å². The molecule has 25 heavy (non-hydrogen) atoms. The second kappa shape index (κ2) is 14.0. The molecule has 1 rings (SSSR count). The van der Waals surface area contributed by atoms with Crippen molar-refractivity contribution in [1.82, 2.24) is 0 Å². The molecule has 0 saturated carbocycles. The van der Waals surface area contributed by atoms with E-state index in [1.165, 1.54) is 44.9 Å². The lowest BCUT2D eigenvalue weighted by Crippen LogP contribution is -2.41. The van der Waals surface area contributed by atoms with Crippen LogP contribution in [0.5, 0.6) is 0 Å². The van der Waals surface area contributed by atoms with E-state index in [1.807, 2.05) is 0 Å². The van der Waals surface area contributed by atoms with Gasteiger partial charge in [-0.05, 0) is 40.0 Å². The predicted molar refractivity (Wildman–Crippen MR) is 103 cm³/mol. The molecule has 1 saturated heterocycles. The lowest BCUT2D eigenvalue weighted by atomic mass is 9.88. The van der Waals surface area contributed by atoms with Gasteiger partial charge in [-0.15, -0.1) is 0 Å². The highest BCUT2D eigenvalue weighted by Gasteiger charge is 2.35. The Morgan fingerprint density at radius 2 is 1.52 bits per heavy atom. The van der Waals surface area contributed by atoms with Gasteiger partial charge in [-0.1, -0.05) is 45.4 Å². The Bertz CT molecular complexity index is 298. The highest BCUT2D eigenvalue weighted by molar-refractivity contribution is 4.76. The molecule has 0 aromatic heterocycles. The van der Waals surface area contributed by atoms with Crippen molar-refractivity contribution >= 4 is 0 Å². The Kier molecular flexibility index (Phi) is 12.8. The summed E-state index contributed by atoms with van der Waals surface area (Å²) in [6, 6.07) is 0. The zero-order chi connectivity index (χ0) is 18.4. The molecule has 0 amide bonds. The van der Waals surface area contributed by atoms with E-state index < -0.39 is 5.79 Å². The predicted octanol–water partition coefficient (Wildman–Crippen LogP) is 5.34. The van der Waals surface area contributed by atoms with Gasteiger partial charge in [0.05, 0.1) is 13.2 Å². The van der Waals surface area contributed by atoms with Crippen LogP contribution in [0.1, 0.15) is 85.5 Å². The maximum atomic E-state index is 6.05. The Labute approximate surface area is 155 Å². The number of unbranched alkanes of at least 4 members (excludes halogenated alkanes) is 5. The lowest BCUT2D eigenvalue weighted by Gasteiger charge is -2.37. The molecule has 150 valence electrons. The first-order valence-corrected chi connectivity index (χ1v) is 10.6. The van der Waals surface area contributed by atoms with Crippen LogP contribution in [0.25, 0.3) is 0 Å². The van der Waals surface area contributed by atoms with E-state index in [0.717, 1.165) is 32.7 Å². The zero-order valence-corrected chi connectivity index (χ0v) is 17.2. The second-order valence-corrected chi connectivity index (χ2v) is 7.31. The molecule has 0 aromatic carbocycles. The first-order chi connectivity index (χ1) is 12.2. The molecule has 4 nitrogen and oxygen atoms in total. The molecule has 0 radical (unpaired) electrons. The normalized spacial score (nSPS) is 18.5. The molecular weight excluding hydrogens is 316 g/mol. The average Bonchev–Trinajstić information content (AvgIpc) is 3.40. The molecule has 0 aliphatic carbocycles. The number of epoxide rings is 1. The Morgan fingerprint density at radius 1 is 0.920 bits per heavy atom. The molecule has 1 fully saturated rings. The number of hydrogen-bond donors (Lipinski definition) is 0. The van der Waals surface area contributed by atoms with Crippen molar-refractivity contribution in [3.63, 3.8) is 0 Å². The fourth-order valence-electron chi connectivity index (χ4n) is 3.50. The van der Waals surface area contributed by atoms with Gasteiger partial charge in [0, 0.05) is 25.7 Å². The molecular formula is C21H42O4. The van der Waals surface area contributed by atoms with Gasteiger partial charge in [-0.3, -0.25) is 0 Å². The second-order valence-electron chi connectivity index (χ2n) is 7.31. The Hall–Kier alpha value is -0.160. The molecule has 1 aliphatic rings. The third kappa shape index (κ3) is 10.5. The smallest absolute Gasteiger partial charge is 0.168 e. The summed E-state index contributed by atoms with van der Waals surface area (Å²) in [5.74, 6) is -0.0358. The summed E-state index contributed by atoms with van der Waals surface area (Å²) in [6.07, 6.45) is 11.7. The molecule has 0 spiro atoms. The summed E-state index contributed by atoms with van der Waals surface area (Å²) < 4.78 is 23.0. The fourth-order valence-corrected chi connectivity index (χ4v) is 3.50. The summed E-state index contributed by atoms with van der Waals surface area (Å²) >= 11 is 0. The minimum atomic E-state index is -0.466. The van der Waals surface area contributed by atoms with Gasteiger partial charge in [-0.25, -0.2) is 0 Å². The Balaban J connectivity index is 2.36. The first-order valence-electron chi connectivity index (χ1n) is 10.6. The fraction of sp³-hybridized carbons (Fsp3) is 1.00. The molecule has 1 unspecified atom stereocenters. The van der Waals surface area contributed by atoms with Crippen LogP contribution in [0.15, 0.2) is 0 Å². The van der Waals surface area contributed by atoms with Crippen molar-refractivity contribution in [2.24, 2.45) is 5.92 Å². The van der Waals surface area contributed by atoms with Crippen molar-refractivity contribution in [3.8, 4) is 0 Å². The molecule has 0 bridgehead atoms. The summed E-state index contributed by atoms with van der Waals surface area (Å²) in [5.41, 5.74) is 0. The number of ether oxygens (including phenoxy) is 4. The highest BCUT2D eigenvalue weighted by atomic mass is 16.7. The van der Waals surface area contributed by atoms with Crippen LogP contribution in [-0.2, 0) is 18.9 Å². The van der Waals surface area contributed by atoms with Crippen LogP contribution in [0.2, 0.25) is 0 Å². The summed E-state index contributed by atoms with van der Waals surface area (Å²) in [4.78, 5) is 0. The Morgan fingerprint density at radius 3 is 2.12 bits per heavy atom. The van der Waals surface area contributed by atoms with Gasteiger partial charge in [0.25, 0.3) is 0 Å². The number of rotatable bonds is 18. The van der Waals surface area contributed by atoms with Gasteiger partial charge >= 0.3 is 0 Å². The van der Waals surface area contributed by atoms with E-state index in [0.29, 0.717) is 25.2 Å². The SMILES string of the molecule is CCCCCCCC[C@H](CCCOCC1CO1)C(C)(OCC)OCC. The average molecular weight is 359 g/mol. The van der Waals surface area contributed by atoms with Crippen LogP contribution < -0.4 is 0 Å². The van der Waals surface area contributed by atoms with E-state index in [4.69, 9.17) is 18.9 Å². The minimum absolute atomic E-state index is 0.357. The van der Waals surface area contributed by atoms with Crippen LogP contribution >= 0.6 is 0 Å². The van der Waals surface area contributed by atoms with Crippen LogP contribution in [0.3, 0.4) is 0 Å². The van der Waals surface area contributed by atoms with Crippen LogP contribution in [0, 0.1) is 5.92 Å². The van der Waals surface area contributed by atoms with E-state index in [9.17, 15) is 0 Å². The van der Waals surface area contributed by atoms with Crippen LogP contribution in [0.4, 0.5) is 0 Å². The van der Waals surface area contributed by atoms with Crippen molar-refractivity contribution in [3.05, 3.63) is 0 Å². The van der Waals surface area contributed by atoms with Crippen molar-refractivity contribution in [2.75, 3.05) is 33.0 Å². The lowest BCUT2D eigenvalue weighted by molar-refractivity contribution is -0.254. The summed E-state index contributed by atoms with van der Waals surface area (Å²) in [5, 5.41) is 0. The maximum absolute atomic E-state index is 6.05.